The number of hydrogen-bond acceptors (Lipinski definition) is 5. The van der Waals surface area contributed by atoms with E-state index < -0.39 is 5.91 Å². The number of carbonyl (C=O) groups excluding carboxylic acids is 1. The Balaban J connectivity index is 2.13. The summed E-state index contributed by atoms with van der Waals surface area (Å²) >= 11 is 11.7. The van der Waals surface area contributed by atoms with Crippen LogP contribution in [0.5, 0.6) is 0 Å². The van der Waals surface area contributed by atoms with Crippen LogP contribution in [0.2, 0.25) is 10.0 Å². The summed E-state index contributed by atoms with van der Waals surface area (Å²) in [5.41, 5.74) is 6.19. The Kier molecular flexibility index (Phi) is 3.92. The smallest absolute Gasteiger partial charge is 0.277 e. The van der Waals surface area contributed by atoms with Crippen molar-refractivity contribution in [1.82, 2.24) is 15.6 Å². The molecule has 19 heavy (non-hydrogen) atoms. The molecule has 1 heterocycles. The Morgan fingerprint density at radius 3 is 2.68 bits per heavy atom. The van der Waals surface area contributed by atoms with Gasteiger partial charge in [0.15, 0.2) is 0 Å². The average molecular weight is 301 g/mol. The molecule has 1 unspecified atom stereocenters. The van der Waals surface area contributed by atoms with Crippen molar-refractivity contribution in [2.75, 3.05) is 5.73 Å². The molecule has 0 saturated carbocycles. The summed E-state index contributed by atoms with van der Waals surface area (Å²) in [6, 6.07) is 4.81. The molecule has 2 aromatic rings. The Morgan fingerprint density at radius 1 is 1.37 bits per heavy atom. The van der Waals surface area contributed by atoms with Gasteiger partial charge in [0, 0.05) is 0 Å². The highest BCUT2D eigenvalue weighted by molar-refractivity contribution is 6.42. The van der Waals surface area contributed by atoms with E-state index in [0.29, 0.717) is 10.0 Å². The fraction of sp³-hybridized carbons (Fsp3) is 0.182. The highest BCUT2D eigenvalue weighted by Gasteiger charge is 2.18. The molecule has 0 bridgehead atoms. The van der Waals surface area contributed by atoms with Crippen LogP contribution in [0.1, 0.15) is 29.0 Å². The van der Waals surface area contributed by atoms with Crippen LogP contribution in [0.3, 0.4) is 0 Å². The summed E-state index contributed by atoms with van der Waals surface area (Å²) in [7, 11) is 0. The second-order valence-corrected chi connectivity index (χ2v) is 4.68. The topological polar surface area (TPSA) is 94.0 Å². The van der Waals surface area contributed by atoms with Crippen molar-refractivity contribution in [2.45, 2.75) is 13.0 Å². The molecule has 0 aliphatic heterocycles. The first-order chi connectivity index (χ1) is 8.99. The van der Waals surface area contributed by atoms with Crippen LogP contribution < -0.4 is 11.1 Å². The van der Waals surface area contributed by atoms with Gasteiger partial charge in [-0.25, -0.2) is 4.63 Å². The van der Waals surface area contributed by atoms with E-state index >= 15 is 0 Å². The van der Waals surface area contributed by atoms with E-state index in [2.05, 4.69) is 20.3 Å². The molecular formula is C11H10Cl2N4O2. The zero-order valence-electron chi connectivity index (χ0n) is 9.85. The highest BCUT2D eigenvalue weighted by atomic mass is 35.5. The molecule has 0 fully saturated rings. The normalized spacial score (nSPS) is 12.2. The number of nitrogens with two attached hydrogens (primary N) is 1. The number of amides is 1. The zero-order chi connectivity index (χ0) is 14.0. The molecule has 0 radical (unpaired) electrons. The molecule has 1 aromatic carbocycles. The van der Waals surface area contributed by atoms with E-state index in [4.69, 9.17) is 28.9 Å². The Labute approximate surface area is 118 Å². The molecule has 100 valence electrons. The van der Waals surface area contributed by atoms with Gasteiger partial charge in [-0.05, 0) is 34.9 Å². The van der Waals surface area contributed by atoms with Gasteiger partial charge in [0.2, 0.25) is 11.5 Å². The predicted molar refractivity (Wildman–Crippen MR) is 71.1 cm³/mol. The van der Waals surface area contributed by atoms with E-state index in [-0.39, 0.29) is 17.6 Å². The zero-order valence-corrected chi connectivity index (χ0v) is 11.4. The molecule has 0 aliphatic carbocycles. The maximum absolute atomic E-state index is 11.8. The molecule has 0 spiro atoms. The van der Waals surface area contributed by atoms with Crippen molar-refractivity contribution < 1.29 is 9.42 Å². The Hall–Kier alpha value is -1.79. The van der Waals surface area contributed by atoms with Gasteiger partial charge in [-0.2, -0.15) is 0 Å². The van der Waals surface area contributed by atoms with Crippen molar-refractivity contribution in [2.24, 2.45) is 0 Å². The van der Waals surface area contributed by atoms with Gasteiger partial charge in [-0.3, -0.25) is 4.79 Å². The maximum atomic E-state index is 11.8. The third-order valence-corrected chi connectivity index (χ3v) is 3.26. The second-order valence-electron chi connectivity index (χ2n) is 3.87. The largest absolute Gasteiger partial charge is 0.379 e. The van der Waals surface area contributed by atoms with Gasteiger partial charge in [-0.1, -0.05) is 29.3 Å². The summed E-state index contributed by atoms with van der Waals surface area (Å²) in [6.45, 7) is 1.79. The van der Waals surface area contributed by atoms with Crippen LogP contribution in [0.15, 0.2) is 22.8 Å². The van der Waals surface area contributed by atoms with Crippen LogP contribution in [0, 0.1) is 0 Å². The lowest BCUT2D eigenvalue weighted by molar-refractivity contribution is 0.0930. The fourth-order valence-corrected chi connectivity index (χ4v) is 1.79. The molecule has 0 aliphatic rings. The van der Waals surface area contributed by atoms with E-state index in [9.17, 15) is 4.79 Å². The quantitative estimate of drug-likeness (QED) is 0.908. The van der Waals surface area contributed by atoms with Crippen LogP contribution in [-0.4, -0.2) is 16.2 Å². The van der Waals surface area contributed by atoms with Crippen molar-refractivity contribution in [3.8, 4) is 0 Å². The van der Waals surface area contributed by atoms with Gasteiger partial charge in [0.1, 0.15) is 0 Å². The third kappa shape index (κ3) is 2.97. The first-order valence-electron chi connectivity index (χ1n) is 5.33. The molecule has 1 atom stereocenters. The number of anilines is 1. The molecule has 3 N–H and O–H groups in total. The van der Waals surface area contributed by atoms with Crippen LogP contribution in [0.25, 0.3) is 0 Å². The first-order valence-corrected chi connectivity index (χ1v) is 6.08. The first kappa shape index (κ1) is 13.6. The molecule has 1 amide bonds. The summed E-state index contributed by atoms with van der Waals surface area (Å²) in [5.74, 6) is -0.531. The van der Waals surface area contributed by atoms with Crippen LogP contribution in [0.4, 0.5) is 5.82 Å². The predicted octanol–water partition coefficient (Wildman–Crippen LogP) is 2.45. The van der Waals surface area contributed by atoms with Crippen molar-refractivity contribution in [1.29, 1.82) is 0 Å². The lowest BCUT2D eigenvalue weighted by atomic mass is 10.1. The minimum Gasteiger partial charge on any atom is -0.379 e. The van der Waals surface area contributed by atoms with Crippen molar-refractivity contribution in [3.63, 3.8) is 0 Å². The Morgan fingerprint density at radius 2 is 2.11 bits per heavy atom. The number of nitrogens with one attached hydrogen (secondary N) is 1. The van der Waals surface area contributed by atoms with Gasteiger partial charge in [-0.15, -0.1) is 0 Å². The third-order valence-electron chi connectivity index (χ3n) is 2.52. The number of rotatable bonds is 3. The second kappa shape index (κ2) is 5.46. The van der Waals surface area contributed by atoms with Gasteiger partial charge < -0.3 is 11.1 Å². The van der Waals surface area contributed by atoms with E-state index in [0.717, 1.165) is 5.56 Å². The summed E-state index contributed by atoms with van der Waals surface area (Å²) < 4.78 is 4.36. The van der Waals surface area contributed by atoms with Crippen molar-refractivity contribution >= 4 is 34.9 Å². The van der Waals surface area contributed by atoms with Crippen LogP contribution in [-0.2, 0) is 0 Å². The van der Waals surface area contributed by atoms with Gasteiger partial charge >= 0.3 is 0 Å². The standard InChI is InChI=1S/C11H10Cl2N4O2/c1-5(6-2-3-7(12)8(13)4-6)15-11(18)9-10(14)17-19-16-9/h2-5H,1H3,(H2,14,17)(H,15,18). The molecule has 8 heteroatoms. The summed E-state index contributed by atoms with van der Waals surface area (Å²) in [6.07, 6.45) is 0. The molecule has 1 aromatic heterocycles. The Bertz CT molecular complexity index is 614. The molecule has 0 saturated heterocycles. The lowest BCUT2D eigenvalue weighted by Gasteiger charge is -2.14. The number of nitrogen functional groups attached to an aromatic ring is 1. The highest BCUT2D eigenvalue weighted by Crippen LogP contribution is 2.25. The number of benzene rings is 1. The minimum absolute atomic E-state index is 0.0492. The maximum Gasteiger partial charge on any atom is 0.277 e. The summed E-state index contributed by atoms with van der Waals surface area (Å²) in [4.78, 5) is 11.8. The SMILES string of the molecule is CC(NC(=O)c1nonc1N)c1ccc(Cl)c(Cl)c1. The van der Waals surface area contributed by atoms with Gasteiger partial charge in [0.05, 0.1) is 16.1 Å². The molecule has 6 nitrogen and oxygen atoms in total. The van der Waals surface area contributed by atoms with Crippen LogP contribution >= 0.6 is 23.2 Å². The average Bonchev–Trinajstić information content (AvgIpc) is 2.79. The van der Waals surface area contributed by atoms with E-state index in [1.54, 1.807) is 25.1 Å². The molecular weight excluding hydrogens is 291 g/mol. The number of halogens is 2. The summed E-state index contributed by atoms with van der Waals surface area (Å²) in [5, 5.41) is 10.3. The number of carbonyl (C=O) groups is 1. The molecule has 2 rings (SSSR count). The monoisotopic (exact) mass is 300 g/mol. The lowest BCUT2D eigenvalue weighted by Crippen LogP contribution is -2.27. The van der Waals surface area contributed by atoms with Crippen molar-refractivity contribution in [3.05, 3.63) is 39.5 Å². The number of nitrogens with zero attached hydrogens (tertiary/aromatic N) is 2. The fourth-order valence-electron chi connectivity index (χ4n) is 1.48. The van der Waals surface area contributed by atoms with Gasteiger partial charge in [0.25, 0.3) is 5.91 Å². The number of hydrogen-bond donors (Lipinski definition) is 2. The van der Waals surface area contributed by atoms with E-state index in [1.807, 2.05) is 0 Å². The minimum atomic E-state index is -0.475. The number of aromatic nitrogens is 2. The van der Waals surface area contributed by atoms with E-state index in [1.165, 1.54) is 0 Å².